The molecule has 0 aliphatic heterocycles. The standard InChI is InChI=1S/C12H9N.2C7H7ClNO2S.2Na/c1-3-7-11-9(5-1)10-6-2-4-8-12(10)13-11;2*1-6-2-4-7(5-3-6)12(10,11)9-8;;/h1-8,13H;2*2-5H,1H3;;/q;2*-1;2*+1. The molecule has 0 radical (unpaired) electrons. The van der Waals surface area contributed by atoms with Crippen LogP contribution >= 0.6 is 23.6 Å². The van der Waals surface area contributed by atoms with Crippen LogP contribution in [0.5, 0.6) is 0 Å². The molecule has 1 aromatic heterocycles. The molecule has 194 valence electrons. The van der Waals surface area contributed by atoms with Crippen molar-refractivity contribution in [2.45, 2.75) is 23.6 Å². The summed E-state index contributed by atoms with van der Waals surface area (Å²) in [7, 11) is -7.25. The molecular formula is C26H23Cl2N3Na2O4S2. The van der Waals surface area contributed by atoms with E-state index in [2.05, 4.69) is 62.0 Å². The Morgan fingerprint density at radius 3 is 1.15 bits per heavy atom. The first-order chi connectivity index (χ1) is 17.6. The van der Waals surface area contributed by atoms with Crippen molar-refractivity contribution in [3.8, 4) is 0 Å². The van der Waals surface area contributed by atoms with Crippen molar-refractivity contribution in [3.63, 3.8) is 0 Å². The fourth-order valence-electron chi connectivity index (χ4n) is 3.30. The predicted molar refractivity (Wildman–Crippen MR) is 151 cm³/mol. The zero-order valence-corrected chi connectivity index (χ0v) is 29.0. The summed E-state index contributed by atoms with van der Waals surface area (Å²) in [5.41, 5.74) is 4.40. The van der Waals surface area contributed by atoms with Gasteiger partial charge < -0.3 is 13.5 Å². The van der Waals surface area contributed by atoms with Crippen molar-refractivity contribution >= 4 is 65.4 Å². The van der Waals surface area contributed by atoms with Crippen LogP contribution in [-0.4, -0.2) is 21.8 Å². The summed E-state index contributed by atoms with van der Waals surface area (Å²) in [5, 5.41) is 2.61. The SMILES string of the molecule is Cc1ccc(S(=O)(=O)[N-]Cl)cc1.Cc1ccc(S(=O)(=O)[N-]Cl)cc1.[Na+].[Na+].c1ccc2c(c1)[nH]c1ccccc12. The quantitative estimate of drug-likeness (QED) is 0.308. The number of aromatic nitrogens is 1. The monoisotopic (exact) mass is 621 g/mol. The largest absolute Gasteiger partial charge is 1.00 e. The van der Waals surface area contributed by atoms with Crippen LogP contribution in [0.3, 0.4) is 0 Å². The van der Waals surface area contributed by atoms with Crippen LogP contribution < -0.4 is 59.1 Å². The second-order valence-corrected chi connectivity index (χ2v) is 11.9. The van der Waals surface area contributed by atoms with E-state index in [1.807, 2.05) is 13.8 Å². The van der Waals surface area contributed by atoms with Crippen LogP contribution in [0.2, 0.25) is 0 Å². The van der Waals surface area contributed by atoms with Crippen molar-refractivity contribution < 1.29 is 76.0 Å². The summed E-state index contributed by atoms with van der Waals surface area (Å²) in [4.78, 5) is 3.61. The summed E-state index contributed by atoms with van der Waals surface area (Å²) < 4.78 is 49.6. The number of para-hydroxylation sites is 2. The maximum absolute atomic E-state index is 11.0. The molecule has 4 aromatic carbocycles. The molecule has 1 heterocycles. The Labute approximate surface area is 283 Å². The van der Waals surface area contributed by atoms with E-state index >= 15 is 0 Å². The fourth-order valence-corrected chi connectivity index (χ4v) is 4.90. The van der Waals surface area contributed by atoms with Crippen molar-refractivity contribution in [3.05, 3.63) is 117 Å². The Morgan fingerprint density at radius 2 is 0.846 bits per heavy atom. The Bertz CT molecular complexity index is 1570. The third-order valence-corrected chi connectivity index (χ3v) is 8.42. The minimum atomic E-state index is -3.62. The number of aromatic amines is 1. The van der Waals surface area contributed by atoms with Crippen LogP contribution in [0.4, 0.5) is 0 Å². The Hall–Kier alpha value is -0.920. The summed E-state index contributed by atoms with van der Waals surface area (Å²) in [6.07, 6.45) is 0. The van der Waals surface area contributed by atoms with Gasteiger partial charge in [0, 0.05) is 31.6 Å². The maximum atomic E-state index is 11.0. The van der Waals surface area contributed by atoms with Gasteiger partial charge in [-0.05, 0) is 50.2 Å². The molecule has 0 spiro atoms. The summed E-state index contributed by atoms with van der Waals surface area (Å²) in [6, 6.07) is 29.4. The molecule has 39 heavy (non-hydrogen) atoms. The van der Waals surface area contributed by atoms with Crippen molar-refractivity contribution in [1.29, 1.82) is 0 Å². The van der Waals surface area contributed by atoms with Gasteiger partial charge >= 0.3 is 59.1 Å². The summed E-state index contributed by atoms with van der Waals surface area (Å²) in [6.45, 7) is 3.74. The third kappa shape index (κ3) is 10.1. The van der Waals surface area contributed by atoms with Crippen LogP contribution in [0.25, 0.3) is 30.3 Å². The van der Waals surface area contributed by atoms with Gasteiger partial charge in [-0.25, -0.2) is 16.8 Å². The number of fused-ring (bicyclic) bond motifs is 3. The molecule has 0 aliphatic rings. The maximum Gasteiger partial charge on any atom is 1.00 e. The fraction of sp³-hybridized carbons (Fsp3) is 0.0769. The van der Waals surface area contributed by atoms with E-state index < -0.39 is 20.0 Å². The number of hydrogen-bond acceptors (Lipinski definition) is 4. The van der Waals surface area contributed by atoms with Crippen LogP contribution in [-0.2, 0) is 20.0 Å². The minimum Gasteiger partial charge on any atom is -0.458 e. The van der Waals surface area contributed by atoms with E-state index in [9.17, 15) is 16.8 Å². The molecule has 13 heteroatoms. The molecule has 5 rings (SSSR count). The van der Waals surface area contributed by atoms with E-state index in [1.54, 1.807) is 24.3 Å². The van der Waals surface area contributed by atoms with Gasteiger partial charge in [-0.15, -0.1) is 0 Å². The second-order valence-electron chi connectivity index (χ2n) is 7.93. The van der Waals surface area contributed by atoms with Crippen molar-refractivity contribution in [2.75, 3.05) is 0 Å². The summed E-state index contributed by atoms with van der Waals surface area (Å²) in [5.74, 6) is 0. The first-order valence-electron chi connectivity index (χ1n) is 10.8. The van der Waals surface area contributed by atoms with Crippen molar-refractivity contribution in [2.24, 2.45) is 0 Å². The molecule has 0 bridgehead atoms. The number of nitrogens with zero attached hydrogens (tertiary/aromatic N) is 2. The smallest absolute Gasteiger partial charge is 0.458 e. The number of nitrogens with one attached hydrogen (secondary N) is 1. The zero-order chi connectivity index (χ0) is 27.1. The molecule has 0 unspecified atom stereocenters. The van der Waals surface area contributed by atoms with Crippen LogP contribution in [0, 0.1) is 13.8 Å². The van der Waals surface area contributed by atoms with Gasteiger partial charge in [0.05, 0.1) is 0 Å². The average Bonchev–Trinajstić information content (AvgIpc) is 3.29. The van der Waals surface area contributed by atoms with Gasteiger partial charge in [0.2, 0.25) is 0 Å². The van der Waals surface area contributed by atoms with Gasteiger partial charge in [0.25, 0.3) is 0 Å². The van der Waals surface area contributed by atoms with E-state index in [0.717, 1.165) is 11.1 Å². The van der Waals surface area contributed by atoms with Gasteiger partial charge in [-0.2, -0.15) is 0 Å². The van der Waals surface area contributed by atoms with Gasteiger partial charge in [0.15, 0.2) is 0 Å². The third-order valence-electron chi connectivity index (χ3n) is 5.23. The molecule has 0 amide bonds. The predicted octanol–water partition coefficient (Wildman–Crippen LogP) is 1.75. The van der Waals surface area contributed by atoms with E-state index in [0.29, 0.717) is 0 Å². The number of rotatable bonds is 4. The minimum absolute atomic E-state index is 0. The number of aryl methyl sites for hydroxylation is 2. The Kier molecular flexibility index (Phi) is 15.3. The number of sulfonamides is 2. The van der Waals surface area contributed by atoms with Crippen LogP contribution in [0.15, 0.2) is 107 Å². The van der Waals surface area contributed by atoms with Crippen LogP contribution in [0.1, 0.15) is 11.1 Å². The van der Waals surface area contributed by atoms with E-state index in [1.165, 1.54) is 46.1 Å². The Balaban J connectivity index is 0.000000286. The van der Waals surface area contributed by atoms with Crippen molar-refractivity contribution in [1.82, 2.24) is 4.98 Å². The number of H-pyrrole nitrogens is 1. The normalized spacial score (nSPS) is 10.8. The van der Waals surface area contributed by atoms with E-state index in [4.69, 9.17) is 23.6 Å². The van der Waals surface area contributed by atoms with Gasteiger partial charge in [-0.3, -0.25) is 23.6 Å². The molecular weight excluding hydrogens is 599 g/mol. The van der Waals surface area contributed by atoms with Gasteiger partial charge in [0.1, 0.15) is 20.0 Å². The number of halogens is 2. The molecule has 0 fully saturated rings. The summed E-state index contributed by atoms with van der Waals surface area (Å²) >= 11 is 9.81. The second kappa shape index (κ2) is 16.5. The number of benzene rings is 4. The molecule has 0 atom stereocenters. The zero-order valence-electron chi connectivity index (χ0n) is 21.8. The molecule has 1 N–H and O–H groups in total. The first-order valence-corrected chi connectivity index (χ1v) is 14.4. The van der Waals surface area contributed by atoms with Gasteiger partial charge in [-0.1, -0.05) is 71.8 Å². The topological polar surface area (TPSA) is 112 Å². The molecule has 5 aromatic rings. The molecule has 7 nitrogen and oxygen atoms in total. The van der Waals surface area contributed by atoms with E-state index in [-0.39, 0.29) is 68.9 Å². The Morgan fingerprint density at radius 1 is 0.538 bits per heavy atom. The number of hydrogen-bond donors (Lipinski definition) is 1. The molecule has 0 saturated carbocycles. The molecule has 0 aliphatic carbocycles. The first kappa shape index (κ1) is 36.1. The average molecular weight is 623 g/mol. The molecule has 0 saturated heterocycles.